The molecule has 0 aromatic heterocycles. The molecular weight excluding hydrogens is 170 g/mol. The Kier molecular flexibility index (Phi) is 1.46. The second-order valence-electron chi connectivity index (χ2n) is 5.22. The van der Waals surface area contributed by atoms with Crippen molar-refractivity contribution in [2.24, 2.45) is 5.73 Å². The second-order valence-corrected chi connectivity index (χ2v) is 5.22. The molecule has 3 aliphatic carbocycles. The van der Waals surface area contributed by atoms with Crippen molar-refractivity contribution in [3.05, 3.63) is 35.4 Å². The minimum absolute atomic E-state index is 0.226. The molecule has 0 radical (unpaired) electrons. The largest absolute Gasteiger partial charge is 0.325 e. The van der Waals surface area contributed by atoms with Gasteiger partial charge in [0, 0.05) is 11.0 Å². The minimum Gasteiger partial charge on any atom is -0.325 e. The number of nitrogens with two attached hydrogens (primary N) is 1. The fourth-order valence-corrected chi connectivity index (χ4v) is 3.27. The molecule has 0 saturated heterocycles. The van der Waals surface area contributed by atoms with E-state index in [1.165, 1.54) is 30.4 Å². The minimum atomic E-state index is 0.226. The van der Waals surface area contributed by atoms with Crippen LogP contribution in [-0.4, -0.2) is 5.54 Å². The van der Waals surface area contributed by atoms with Gasteiger partial charge in [0.1, 0.15) is 0 Å². The Labute approximate surface area is 85.3 Å². The van der Waals surface area contributed by atoms with Crippen LogP contribution in [0.3, 0.4) is 0 Å². The van der Waals surface area contributed by atoms with Crippen LogP contribution in [0.5, 0.6) is 0 Å². The number of hydrogen-bond donors (Lipinski definition) is 1. The van der Waals surface area contributed by atoms with Crippen LogP contribution >= 0.6 is 0 Å². The highest BCUT2D eigenvalue weighted by Crippen LogP contribution is 2.66. The van der Waals surface area contributed by atoms with Gasteiger partial charge in [0.25, 0.3) is 0 Å². The molecule has 14 heavy (non-hydrogen) atoms. The van der Waals surface area contributed by atoms with Gasteiger partial charge in [-0.3, -0.25) is 0 Å². The van der Waals surface area contributed by atoms with Crippen molar-refractivity contribution in [1.29, 1.82) is 0 Å². The Morgan fingerprint density at radius 2 is 1.71 bits per heavy atom. The summed E-state index contributed by atoms with van der Waals surface area (Å²) in [5.41, 5.74) is 9.73. The van der Waals surface area contributed by atoms with Crippen LogP contribution in [0, 0.1) is 0 Å². The monoisotopic (exact) mass is 187 g/mol. The maximum absolute atomic E-state index is 6.07. The van der Waals surface area contributed by atoms with E-state index < -0.39 is 0 Å². The molecule has 2 bridgehead atoms. The summed E-state index contributed by atoms with van der Waals surface area (Å²) in [6.45, 7) is 2.20. The maximum atomic E-state index is 6.07. The molecular formula is C13H17N. The quantitative estimate of drug-likeness (QED) is 0.756. The Morgan fingerprint density at radius 3 is 2.14 bits per heavy atom. The molecule has 3 saturated carbocycles. The molecule has 4 rings (SSSR count). The molecule has 0 heterocycles. The van der Waals surface area contributed by atoms with Gasteiger partial charge >= 0.3 is 0 Å². The van der Waals surface area contributed by atoms with Crippen LogP contribution in [0.25, 0.3) is 0 Å². The summed E-state index contributed by atoms with van der Waals surface area (Å²) in [7, 11) is 0. The van der Waals surface area contributed by atoms with Crippen molar-refractivity contribution >= 4 is 0 Å². The highest BCUT2D eigenvalue weighted by Gasteiger charge is 2.66. The van der Waals surface area contributed by atoms with E-state index >= 15 is 0 Å². The van der Waals surface area contributed by atoms with Gasteiger partial charge in [0.15, 0.2) is 0 Å². The van der Waals surface area contributed by atoms with Gasteiger partial charge in [0.05, 0.1) is 0 Å². The van der Waals surface area contributed by atoms with E-state index in [2.05, 4.69) is 31.2 Å². The number of benzene rings is 1. The van der Waals surface area contributed by atoms with Gasteiger partial charge < -0.3 is 5.73 Å². The first-order valence-corrected chi connectivity index (χ1v) is 5.54. The molecule has 3 fully saturated rings. The van der Waals surface area contributed by atoms with E-state index in [4.69, 9.17) is 5.73 Å². The topological polar surface area (TPSA) is 26.0 Å². The van der Waals surface area contributed by atoms with Crippen LogP contribution in [-0.2, 0) is 11.8 Å². The van der Waals surface area contributed by atoms with Gasteiger partial charge in [-0.2, -0.15) is 0 Å². The zero-order valence-corrected chi connectivity index (χ0v) is 8.72. The van der Waals surface area contributed by atoms with E-state index in [0.29, 0.717) is 5.41 Å². The third-order valence-corrected chi connectivity index (χ3v) is 4.05. The highest BCUT2D eigenvalue weighted by atomic mass is 14.9. The lowest BCUT2D eigenvalue weighted by atomic mass is 9.38. The molecule has 0 aliphatic heterocycles. The molecule has 0 atom stereocenters. The molecule has 0 spiro atoms. The van der Waals surface area contributed by atoms with Gasteiger partial charge in [0.2, 0.25) is 0 Å². The van der Waals surface area contributed by atoms with E-state index in [1.807, 2.05) is 0 Å². The van der Waals surface area contributed by atoms with Crippen molar-refractivity contribution in [2.45, 2.75) is 43.6 Å². The van der Waals surface area contributed by atoms with Crippen molar-refractivity contribution in [3.63, 3.8) is 0 Å². The fraction of sp³-hybridized carbons (Fsp3) is 0.538. The number of hydrogen-bond acceptors (Lipinski definition) is 1. The highest BCUT2D eigenvalue weighted by molar-refractivity contribution is 5.42. The van der Waals surface area contributed by atoms with Crippen molar-refractivity contribution in [3.8, 4) is 0 Å². The summed E-state index contributed by atoms with van der Waals surface area (Å²) in [4.78, 5) is 0. The zero-order valence-electron chi connectivity index (χ0n) is 8.72. The van der Waals surface area contributed by atoms with Crippen LogP contribution in [0.15, 0.2) is 24.3 Å². The maximum Gasteiger partial charge on any atom is 0.0179 e. The predicted octanol–water partition coefficient (Wildman–Crippen LogP) is 2.38. The summed E-state index contributed by atoms with van der Waals surface area (Å²) in [5, 5.41) is 0. The third kappa shape index (κ3) is 0.936. The van der Waals surface area contributed by atoms with Crippen LogP contribution in [0.1, 0.15) is 37.3 Å². The Balaban J connectivity index is 1.85. The number of aryl methyl sites for hydroxylation is 1. The molecule has 74 valence electrons. The SMILES string of the molecule is CCc1ccc(C23CC(N)(C2)C3)cc1. The predicted molar refractivity (Wildman–Crippen MR) is 58.3 cm³/mol. The standard InChI is InChI=1S/C13H17N/c1-2-10-3-5-11(6-4-10)12-7-13(14,8-12)9-12/h3-6H,2,7-9,14H2,1H3. The molecule has 3 aliphatic rings. The average Bonchev–Trinajstić information content (AvgIpc) is 2.12. The third-order valence-electron chi connectivity index (χ3n) is 4.05. The Bertz CT molecular complexity index is 344. The van der Waals surface area contributed by atoms with Gasteiger partial charge in [-0.25, -0.2) is 0 Å². The molecule has 0 unspecified atom stereocenters. The van der Waals surface area contributed by atoms with E-state index in [1.54, 1.807) is 0 Å². The Hall–Kier alpha value is -0.820. The smallest absolute Gasteiger partial charge is 0.0179 e. The average molecular weight is 187 g/mol. The number of rotatable bonds is 2. The lowest BCUT2D eigenvalue weighted by molar-refractivity contribution is -0.0590. The van der Waals surface area contributed by atoms with Crippen molar-refractivity contribution in [1.82, 2.24) is 0 Å². The van der Waals surface area contributed by atoms with Crippen LogP contribution in [0.2, 0.25) is 0 Å². The molecule has 0 amide bonds. The molecule has 2 N–H and O–H groups in total. The van der Waals surface area contributed by atoms with E-state index in [9.17, 15) is 0 Å². The normalized spacial score (nSPS) is 38.7. The fourth-order valence-electron chi connectivity index (χ4n) is 3.27. The van der Waals surface area contributed by atoms with Gasteiger partial charge in [-0.15, -0.1) is 0 Å². The summed E-state index contributed by atoms with van der Waals surface area (Å²) in [5.74, 6) is 0. The van der Waals surface area contributed by atoms with Crippen LogP contribution < -0.4 is 5.73 Å². The summed E-state index contributed by atoms with van der Waals surface area (Å²) in [6.07, 6.45) is 4.77. The van der Waals surface area contributed by atoms with E-state index in [0.717, 1.165) is 6.42 Å². The van der Waals surface area contributed by atoms with Crippen LogP contribution in [0.4, 0.5) is 0 Å². The lowest BCUT2D eigenvalue weighted by Gasteiger charge is -2.69. The second kappa shape index (κ2) is 2.40. The molecule has 1 aromatic carbocycles. The molecule has 1 nitrogen and oxygen atoms in total. The summed E-state index contributed by atoms with van der Waals surface area (Å²) < 4.78 is 0. The van der Waals surface area contributed by atoms with Crippen molar-refractivity contribution in [2.75, 3.05) is 0 Å². The zero-order chi connectivity index (χ0) is 9.81. The Morgan fingerprint density at radius 1 is 1.14 bits per heavy atom. The lowest BCUT2D eigenvalue weighted by Crippen LogP contribution is -2.74. The first kappa shape index (κ1) is 8.49. The van der Waals surface area contributed by atoms with Gasteiger partial charge in [-0.05, 0) is 36.8 Å². The summed E-state index contributed by atoms with van der Waals surface area (Å²) >= 11 is 0. The van der Waals surface area contributed by atoms with E-state index in [-0.39, 0.29) is 5.54 Å². The summed E-state index contributed by atoms with van der Waals surface area (Å²) in [6, 6.07) is 9.13. The molecule has 1 heteroatoms. The van der Waals surface area contributed by atoms with Crippen molar-refractivity contribution < 1.29 is 0 Å². The molecule has 1 aromatic rings. The van der Waals surface area contributed by atoms with Gasteiger partial charge in [-0.1, -0.05) is 31.2 Å². The first-order valence-electron chi connectivity index (χ1n) is 5.54. The first-order chi connectivity index (χ1) is 6.66.